The lowest BCUT2D eigenvalue weighted by molar-refractivity contribution is 0.121. The number of likely N-dealkylation sites (tertiary alicyclic amines) is 1. The van der Waals surface area contributed by atoms with Crippen LogP contribution in [0.25, 0.3) is 0 Å². The second-order valence-corrected chi connectivity index (χ2v) is 5.75. The molecule has 1 radical (unpaired) electrons. The predicted octanol–water partition coefficient (Wildman–Crippen LogP) is 2.57. The fourth-order valence-corrected chi connectivity index (χ4v) is 3.29. The molecule has 1 fully saturated rings. The Bertz CT molecular complexity index is 420. The van der Waals surface area contributed by atoms with Crippen molar-refractivity contribution >= 4 is 11.4 Å². The maximum absolute atomic E-state index is 4.64. The maximum atomic E-state index is 4.64. The fourth-order valence-electron chi connectivity index (χ4n) is 3.29. The average Bonchev–Trinajstić information content (AvgIpc) is 2.79. The predicted molar refractivity (Wildman–Crippen MR) is 75.3 cm³/mol. The molecule has 0 aromatic heterocycles. The lowest BCUT2D eigenvalue weighted by Crippen LogP contribution is -2.51. The van der Waals surface area contributed by atoms with Crippen LogP contribution in [-0.4, -0.2) is 36.7 Å². The van der Waals surface area contributed by atoms with Crippen LogP contribution in [0, 0.1) is 0 Å². The highest BCUT2D eigenvalue weighted by Crippen LogP contribution is 2.36. The Morgan fingerprint density at radius 2 is 1.78 bits per heavy atom. The van der Waals surface area contributed by atoms with Gasteiger partial charge in [0.2, 0.25) is 0 Å². The molecular weight excluding hydrogens is 222 g/mol. The molecule has 2 atom stereocenters. The smallest absolute Gasteiger partial charge is 0.111 e. The Morgan fingerprint density at radius 1 is 1.11 bits per heavy atom. The average molecular weight is 244 g/mol. The van der Waals surface area contributed by atoms with Gasteiger partial charge in [-0.05, 0) is 45.9 Å². The van der Waals surface area contributed by atoms with E-state index in [1.807, 2.05) is 0 Å². The number of piperidine rings is 1. The summed E-state index contributed by atoms with van der Waals surface area (Å²) in [5.74, 6) is 0. The molecule has 0 bridgehead atoms. The van der Waals surface area contributed by atoms with E-state index in [-0.39, 0.29) is 0 Å². The molecule has 1 aromatic rings. The van der Waals surface area contributed by atoms with Gasteiger partial charge < -0.3 is 9.80 Å². The van der Waals surface area contributed by atoms with Gasteiger partial charge in [-0.1, -0.05) is 12.1 Å². The van der Waals surface area contributed by atoms with Crippen molar-refractivity contribution in [3.63, 3.8) is 0 Å². The highest BCUT2D eigenvalue weighted by molar-refractivity contribution is 5.70. The van der Waals surface area contributed by atoms with Crippen LogP contribution < -0.4 is 10.2 Å². The normalized spacial score (nSPS) is 32.2. The first-order valence-electron chi connectivity index (χ1n) is 6.92. The van der Waals surface area contributed by atoms with Gasteiger partial charge in [-0.25, -0.2) is 0 Å². The quantitative estimate of drug-likeness (QED) is 0.757. The molecule has 1 saturated heterocycles. The van der Waals surface area contributed by atoms with Crippen molar-refractivity contribution in [2.24, 2.45) is 0 Å². The maximum Gasteiger partial charge on any atom is 0.111 e. The lowest BCUT2D eigenvalue weighted by atomic mass is 9.92. The number of para-hydroxylation sites is 2. The van der Waals surface area contributed by atoms with Gasteiger partial charge in [0.05, 0.1) is 11.4 Å². The van der Waals surface area contributed by atoms with E-state index in [1.54, 1.807) is 0 Å². The first-order valence-corrected chi connectivity index (χ1v) is 6.92. The Labute approximate surface area is 110 Å². The van der Waals surface area contributed by atoms with Gasteiger partial charge in [0.1, 0.15) is 6.67 Å². The molecule has 3 rings (SSSR count). The van der Waals surface area contributed by atoms with Crippen LogP contribution in [-0.2, 0) is 0 Å². The van der Waals surface area contributed by atoms with E-state index in [9.17, 15) is 0 Å². The third-order valence-corrected chi connectivity index (χ3v) is 4.64. The van der Waals surface area contributed by atoms with Gasteiger partial charge in [-0.15, -0.1) is 0 Å². The lowest BCUT2D eigenvalue weighted by Gasteiger charge is -2.43. The molecule has 2 aliphatic heterocycles. The van der Waals surface area contributed by atoms with Crippen LogP contribution in [0.2, 0.25) is 0 Å². The standard InChI is InChI=1S/C15H22N3/c1-11-8-13(9-12(2)17(11)3)18-10-16-14-6-4-5-7-15(14)18/h4-7,11-13H,8-10H2,1-3H3. The molecule has 0 N–H and O–H groups in total. The molecule has 0 amide bonds. The summed E-state index contributed by atoms with van der Waals surface area (Å²) in [6.07, 6.45) is 2.48. The van der Waals surface area contributed by atoms with E-state index < -0.39 is 0 Å². The van der Waals surface area contributed by atoms with Crippen LogP contribution in [0.1, 0.15) is 26.7 Å². The van der Waals surface area contributed by atoms with Gasteiger partial charge >= 0.3 is 0 Å². The SMILES string of the molecule is CC1CC(N2C[N]c3ccccc32)CC(C)N1C. The van der Waals surface area contributed by atoms with E-state index in [4.69, 9.17) is 0 Å². The Hall–Kier alpha value is -1.22. The third-order valence-electron chi connectivity index (χ3n) is 4.64. The number of nitrogens with zero attached hydrogens (tertiary/aromatic N) is 3. The zero-order valence-electron chi connectivity index (χ0n) is 11.5. The summed E-state index contributed by atoms with van der Waals surface area (Å²) >= 11 is 0. The molecular formula is C15H22N3. The molecule has 0 aliphatic carbocycles. The number of benzene rings is 1. The number of hydrogen-bond donors (Lipinski definition) is 0. The molecule has 3 heteroatoms. The Morgan fingerprint density at radius 3 is 2.50 bits per heavy atom. The second kappa shape index (κ2) is 4.47. The minimum atomic E-state index is 0.638. The molecule has 1 aromatic carbocycles. The summed E-state index contributed by atoms with van der Waals surface area (Å²) < 4.78 is 0. The zero-order valence-corrected chi connectivity index (χ0v) is 11.5. The Balaban J connectivity index is 1.81. The molecule has 2 aliphatic rings. The van der Waals surface area contributed by atoms with Crippen molar-refractivity contribution in [3.8, 4) is 0 Å². The van der Waals surface area contributed by atoms with Crippen molar-refractivity contribution in [3.05, 3.63) is 24.3 Å². The summed E-state index contributed by atoms with van der Waals surface area (Å²) in [7, 11) is 2.24. The van der Waals surface area contributed by atoms with Gasteiger partial charge in [-0.3, -0.25) is 5.32 Å². The van der Waals surface area contributed by atoms with Crippen LogP contribution >= 0.6 is 0 Å². The van der Waals surface area contributed by atoms with Gasteiger partial charge in [0.25, 0.3) is 0 Å². The molecule has 3 nitrogen and oxygen atoms in total. The fraction of sp³-hybridized carbons (Fsp3) is 0.600. The monoisotopic (exact) mass is 244 g/mol. The van der Waals surface area contributed by atoms with Crippen molar-refractivity contribution < 1.29 is 0 Å². The molecule has 2 unspecified atom stereocenters. The van der Waals surface area contributed by atoms with Gasteiger partial charge in [-0.2, -0.15) is 0 Å². The zero-order chi connectivity index (χ0) is 12.7. The highest BCUT2D eigenvalue weighted by Gasteiger charge is 2.34. The Kier molecular flexibility index (Phi) is 2.94. The van der Waals surface area contributed by atoms with Gasteiger partial charge in [0.15, 0.2) is 0 Å². The molecule has 97 valence electrons. The van der Waals surface area contributed by atoms with Crippen molar-refractivity contribution in [2.75, 3.05) is 18.6 Å². The third kappa shape index (κ3) is 1.87. The van der Waals surface area contributed by atoms with Crippen LogP contribution in [0.3, 0.4) is 0 Å². The summed E-state index contributed by atoms with van der Waals surface area (Å²) in [5.41, 5.74) is 2.49. The molecule has 18 heavy (non-hydrogen) atoms. The highest BCUT2D eigenvalue weighted by atomic mass is 15.3. The summed E-state index contributed by atoms with van der Waals surface area (Å²) in [5, 5.41) is 4.64. The number of rotatable bonds is 1. The van der Waals surface area contributed by atoms with Gasteiger partial charge in [0, 0.05) is 18.1 Å². The van der Waals surface area contributed by atoms with E-state index >= 15 is 0 Å². The van der Waals surface area contributed by atoms with Crippen LogP contribution in [0.4, 0.5) is 11.4 Å². The minimum Gasteiger partial charge on any atom is -0.347 e. The topological polar surface area (TPSA) is 20.6 Å². The number of fused-ring (bicyclic) bond motifs is 1. The number of hydrogen-bond acceptors (Lipinski definition) is 2. The van der Waals surface area contributed by atoms with Crippen LogP contribution in [0.15, 0.2) is 24.3 Å². The van der Waals surface area contributed by atoms with Crippen molar-refractivity contribution in [1.29, 1.82) is 0 Å². The van der Waals surface area contributed by atoms with Crippen LogP contribution in [0.5, 0.6) is 0 Å². The first kappa shape index (κ1) is 11.8. The van der Waals surface area contributed by atoms with E-state index in [0.29, 0.717) is 18.1 Å². The summed E-state index contributed by atoms with van der Waals surface area (Å²) in [6.45, 7) is 5.51. The van der Waals surface area contributed by atoms with E-state index in [1.165, 1.54) is 18.5 Å². The number of anilines is 1. The van der Waals surface area contributed by atoms with Crippen molar-refractivity contribution in [2.45, 2.75) is 44.8 Å². The van der Waals surface area contributed by atoms with Crippen molar-refractivity contribution in [1.82, 2.24) is 10.2 Å². The minimum absolute atomic E-state index is 0.638. The molecule has 0 spiro atoms. The van der Waals surface area contributed by atoms with E-state index in [2.05, 4.69) is 60.3 Å². The molecule has 0 saturated carbocycles. The largest absolute Gasteiger partial charge is 0.347 e. The summed E-state index contributed by atoms with van der Waals surface area (Å²) in [4.78, 5) is 4.99. The summed E-state index contributed by atoms with van der Waals surface area (Å²) in [6, 6.07) is 10.5. The first-order chi connectivity index (χ1) is 8.66. The molecule has 2 heterocycles. The van der Waals surface area contributed by atoms with E-state index in [0.717, 1.165) is 12.4 Å². The second-order valence-electron chi connectivity index (χ2n) is 5.75.